The lowest BCUT2D eigenvalue weighted by molar-refractivity contribution is -0.136. The zero-order chi connectivity index (χ0) is 8.97. The highest BCUT2D eigenvalue weighted by Crippen LogP contribution is 2.12. The molecule has 0 amide bonds. The molecule has 1 rings (SSSR count). The number of esters is 1. The zero-order valence-corrected chi connectivity index (χ0v) is 7.41. The molecular formula is C11H21NO2. The van der Waals surface area contributed by atoms with E-state index in [4.69, 9.17) is 0 Å². The molecule has 0 atom stereocenters. The van der Waals surface area contributed by atoms with E-state index in [1.165, 1.54) is 7.11 Å². The summed E-state index contributed by atoms with van der Waals surface area (Å²) in [5.41, 5.74) is 0.710. The van der Waals surface area contributed by atoms with Gasteiger partial charge in [-0.15, -0.1) is 0 Å². The molecule has 3 nitrogen and oxygen atoms in total. The number of nitrogens with zero attached hydrogens (tertiary/aromatic N) is 1. The highest BCUT2D eigenvalue weighted by molar-refractivity contribution is 5.88. The zero-order valence-electron chi connectivity index (χ0n) is 7.41. The minimum atomic E-state index is -0.238. The van der Waals surface area contributed by atoms with Crippen molar-refractivity contribution in [2.24, 2.45) is 0 Å². The fourth-order valence-corrected chi connectivity index (χ4v) is 1.07. The minimum Gasteiger partial charge on any atom is -0.466 e. The lowest BCUT2D eigenvalue weighted by Crippen LogP contribution is -2.16. The van der Waals surface area contributed by atoms with Crippen molar-refractivity contribution in [3.8, 4) is 0 Å². The van der Waals surface area contributed by atoms with Gasteiger partial charge in [-0.3, -0.25) is 0 Å². The first kappa shape index (κ1) is 15.2. The number of hydrogen-bond acceptors (Lipinski definition) is 3. The van der Waals surface area contributed by atoms with Crippen LogP contribution in [0.4, 0.5) is 0 Å². The molecule has 0 aromatic carbocycles. The molecule has 14 heavy (non-hydrogen) atoms. The summed E-state index contributed by atoms with van der Waals surface area (Å²) in [7, 11) is 1.40. The van der Waals surface area contributed by atoms with Crippen LogP contribution in [0.2, 0.25) is 0 Å². The molecule has 0 aliphatic carbocycles. The molecule has 0 aromatic heterocycles. The SMILES string of the molecule is C.C.CCN1C=CCC(C(=O)OC)=C1. The van der Waals surface area contributed by atoms with Crippen LogP contribution in [0.5, 0.6) is 0 Å². The topological polar surface area (TPSA) is 29.5 Å². The number of methoxy groups -OCH3 is 1. The Morgan fingerprint density at radius 2 is 2.21 bits per heavy atom. The summed E-state index contributed by atoms with van der Waals surface area (Å²) in [4.78, 5) is 13.0. The van der Waals surface area contributed by atoms with Crippen molar-refractivity contribution in [1.82, 2.24) is 4.90 Å². The fourth-order valence-electron chi connectivity index (χ4n) is 1.07. The van der Waals surface area contributed by atoms with Crippen LogP contribution in [0.1, 0.15) is 28.2 Å². The largest absolute Gasteiger partial charge is 0.466 e. The second kappa shape index (κ2) is 7.18. The molecule has 0 fully saturated rings. The van der Waals surface area contributed by atoms with Gasteiger partial charge in [0.2, 0.25) is 0 Å². The predicted octanol–water partition coefficient (Wildman–Crippen LogP) is 2.55. The smallest absolute Gasteiger partial charge is 0.335 e. The molecule has 0 N–H and O–H groups in total. The number of carbonyl (C=O) groups excluding carboxylic acids is 1. The summed E-state index contributed by atoms with van der Waals surface area (Å²) in [6.07, 6.45) is 6.41. The maximum absolute atomic E-state index is 11.1. The van der Waals surface area contributed by atoms with Crippen molar-refractivity contribution in [3.05, 3.63) is 24.0 Å². The Bertz CT molecular complexity index is 231. The summed E-state index contributed by atoms with van der Waals surface area (Å²) in [5.74, 6) is -0.238. The molecule has 0 radical (unpaired) electrons. The van der Waals surface area contributed by atoms with E-state index in [0.717, 1.165) is 6.54 Å². The molecule has 0 spiro atoms. The summed E-state index contributed by atoms with van der Waals surface area (Å²) in [5, 5.41) is 0. The lowest BCUT2D eigenvalue weighted by atomic mass is 10.1. The standard InChI is InChI=1S/C9H13NO2.2CH4/c1-3-10-6-4-5-8(7-10)9(11)12-2;;/h4,6-7H,3,5H2,1-2H3;2*1H4. The minimum absolute atomic E-state index is 0. The molecule has 1 aliphatic rings. The van der Waals surface area contributed by atoms with Crippen LogP contribution in [-0.2, 0) is 9.53 Å². The van der Waals surface area contributed by atoms with Gasteiger partial charge in [-0.2, -0.15) is 0 Å². The lowest BCUT2D eigenvalue weighted by Gasteiger charge is -2.18. The average Bonchev–Trinajstić information content (AvgIpc) is 2.17. The third-order valence-electron chi connectivity index (χ3n) is 1.77. The Hall–Kier alpha value is -1.25. The maximum Gasteiger partial charge on any atom is 0.335 e. The molecule has 0 bridgehead atoms. The second-order valence-electron chi connectivity index (χ2n) is 2.57. The van der Waals surface area contributed by atoms with Gasteiger partial charge in [0.25, 0.3) is 0 Å². The van der Waals surface area contributed by atoms with Crippen molar-refractivity contribution >= 4 is 5.97 Å². The Morgan fingerprint density at radius 1 is 1.57 bits per heavy atom. The third kappa shape index (κ3) is 3.64. The van der Waals surface area contributed by atoms with E-state index in [-0.39, 0.29) is 20.8 Å². The van der Waals surface area contributed by atoms with Crippen LogP contribution >= 0.6 is 0 Å². The van der Waals surface area contributed by atoms with Gasteiger partial charge in [0.1, 0.15) is 0 Å². The van der Waals surface area contributed by atoms with Crippen LogP contribution in [0.25, 0.3) is 0 Å². The van der Waals surface area contributed by atoms with E-state index >= 15 is 0 Å². The summed E-state index contributed by atoms with van der Waals surface area (Å²) >= 11 is 0. The molecule has 1 heterocycles. The maximum atomic E-state index is 11.1. The molecule has 3 heteroatoms. The Labute approximate surface area is 87.1 Å². The number of hydrogen-bond donors (Lipinski definition) is 0. The molecule has 0 unspecified atom stereocenters. The van der Waals surface area contributed by atoms with Crippen molar-refractivity contribution in [2.75, 3.05) is 13.7 Å². The fraction of sp³-hybridized carbons (Fsp3) is 0.545. The molecular weight excluding hydrogens is 178 g/mol. The van der Waals surface area contributed by atoms with E-state index in [1.807, 2.05) is 30.3 Å². The molecule has 82 valence electrons. The van der Waals surface area contributed by atoms with E-state index < -0.39 is 0 Å². The van der Waals surface area contributed by atoms with Crippen molar-refractivity contribution < 1.29 is 9.53 Å². The van der Waals surface area contributed by atoms with Gasteiger partial charge in [0, 0.05) is 19.2 Å². The summed E-state index contributed by atoms with van der Waals surface area (Å²) in [6.45, 7) is 2.90. The molecule has 1 aliphatic heterocycles. The van der Waals surface area contributed by atoms with Gasteiger partial charge in [-0.05, 0) is 13.1 Å². The van der Waals surface area contributed by atoms with E-state index in [2.05, 4.69) is 4.74 Å². The quantitative estimate of drug-likeness (QED) is 0.640. The van der Waals surface area contributed by atoms with Crippen LogP contribution in [0.15, 0.2) is 24.0 Å². The highest BCUT2D eigenvalue weighted by Gasteiger charge is 2.11. The Morgan fingerprint density at radius 3 is 2.71 bits per heavy atom. The number of ether oxygens (including phenoxy) is 1. The van der Waals surface area contributed by atoms with Crippen LogP contribution in [0.3, 0.4) is 0 Å². The molecule has 0 aromatic rings. The van der Waals surface area contributed by atoms with Gasteiger partial charge in [0.05, 0.1) is 12.7 Å². The monoisotopic (exact) mass is 199 g/mol. The van der Waals surface area contributed by atoms with Gasteiger partial charge in [-0.25, -0.2) is 4.79 Å². The van der Waals surface area contributed by atoms with E-state index in [1.54, 1.807) is 0 Å². The van der Waals surface area contributed by atoms with Gasteiger partial charge in [0.15, 0.2) is 0 Å². The van der Waals surface area contributed by atoms with Gasteiger partial charge in [-0.1, -0.05) is 20.9 Å². The van der Waals surface area contributed by atoms with Crippen molar-refractivity contribution in [1.29, 1.82) is 0 Å². The summed E-state index contributed by atoms with van der Waals surface area (Å²) in [6, 6.07) is 0. The Kier molecular flexibility index (Phi) is 7.81. The summed E-state index contributed by atoms with van der Waals surface area (Å²) < 4.78 is 4.61. The predicted molar refractivity (Wildman–Crippen MR) is 59.7 cm³/mol. The molecule has 0 saturated heterocycles. The van der Waals surface area contributed by atoms with Crippen LogP contribution < -0.4 is 0 Å². The van der Waals surface area contributed by atoms with E-state index in [0.29, 0.717) is 12.0 Å². The molecule has 0 saturated carbocycles. The average molecular weight is 199 g/mol. The normalized spacial score (nSPS) is 13.6. The van der Waals surface area contributed by atoms with Crippen molar-refractivity contribution in [2.45, 2.75) is 28.2 Å². The first-order valence-corrected chi connectivity index (χ1v) is 3.99. The first-order chi connectivity index (χ1) is 5.77. The number of allylic oxidation sites excluding steroid dienone is 1. The first-order valence-electron chi connectivity index (χ1n) is 3.99. The third-order valence-corrected chi connectivity index (χ3v) is 1.77. The van der Waals surface area contributed by atoms with Gasteiger partial charge >= 0.3 is 5.97 Å². The second-order valence-corrected chi connectivity index (χ2v) is 2.57. The van der Waals surface area contributed by atoms with Gasteiger partial charge < -0.3 is 9.64 Å². The Balaban J connectivity index is 0. The number of rotatable bonds is 2. The highest BCUT2D eigenvalue weighted by atomic mass is 16.5. The van der Waals surface area contributed by atoms with Crippen LogP contribution in [-0.4, -0.2) is 24.5 Å². The van der Waals surface area contributed by atoms with Crippen LogP contribution in [0, 0.1) is 0 Å². The van der Waals surface area contributed by atoms with E-state index in [9.17, 15) is 4.79 Å². The van der Waals surface area contributed by atoms with Crippen molar-refractivity contribution in [3.63, 3.8) is 0 Å². The number of carbonyl (C=O) groups is 1.